The fourth-order valence-corrected chi connectivity index (χ4v) is 4.34. The van der Waals surface area contributed by atoms with E-state index in [1.54, 1.807) is 38.3 Å². The minimum Gasteiger partial charge on any atom is -0.507 e. The van der Waals surface area contributed by atoms with Crippen molar-refractivity contribution in [2.45, 2.75) is 32.7 Å². The Morgan fingerprint density at radius 3 is 2.49 bits per heavy atom. The quantitative estimate of drug-likeness (QED) is 0.301. The number of pyridine rings is 1. The Kier molecular flexibility index (Phi) is 6.39. The first-order valence-corrected chi connectivity index (χ1v) is 11.0. The number of amides is 1. The highest BCUT2D eigenvalue weighted by Gasteiger charge is 2.48. The minimum absolute atomic E-state index is 0.0435. The Morgan fingerprint density at radius 1 is 1.14 bits per heavy atom. The third-order valence-electron chi connectivity index (χ3n) is 6.07. The summed E-state index contributed by atoms with van der Waals surface area (Å²) in [5.41, 5.74) is 1.66. The van der Waals surface area contributed by atoms with Crippen molar-refractivity contribution < 1.29 is 28.2 Å². The first-order chi connectivity index (χ1) is 16.6. The summed E-state index contributed by atoms with van der Waals surface area (Å²) in [6.07, 6.45) is 2.94. The molecule has 0 spiro atoms. The van der Waals surface area contributed by atoms with E-state index < -0.39 is 35.1 Å². The lowest BCUT2D eigenvalue weighted by molar-refractivity contribution is -0.132. The van der Waals surface area contributed by atoms with Gasteiger partial charge in [-0.05, 0) is 59.9 Å². The molecule has 1 amide bonds. The average Bonchev–Trinajstić information content (AvgIpc) is 3.09. The number of nitrogens with zero attached hydrogens (tertiary/aromatic N) is 2. The van der Waals surface area contributed by atoms with Gasteiger partial charge in [-0.2, -0.15) is 0 Å². The van der Waals surface area contributed by atoms with Crippen molar-refractivity contribution in [3.05, 3.63) is 94.3 Å². The van der Waals surface area contributed by atoms with Crippen LogP contribution in [0.15, 0.2) is 60.4 Å². The van der Waals surface area contributed by atoms with E-state index in [-0.39, 0.29) is 17.2 Å². The summed E-state index contributed by atoms with van der Waals surface area (Å²) in [5.74, 6) is -3.58. The number of hydrogen-bond donors (Lipinski definition) is 1. The van der Waals surface area contributed by atoms with Gasteiger partial charge < -0.3 is 9.84 Å². The molecule has 180 valence electrons. The van der Waals surface area contributed by atoms with Crippen LogP contribution in [0.4, 0.5) is 14.5 Å². The number of ether oxygens (including phenoxy) is 1. The number of carbonyl (C=O) groups excluding carboxylic acids is 2. The zero-order valence-electron chi connectivity index (χ0n) is 19.7. The monoisotopic (exact) mass is 478 g/mol. The summed E-state index contributed by atoms with van der Waals surface area (Å²) in [5, 5.41) is 11.4. The van der Waals surface area contributed by atoms with Crippen LogP contribution in [0, 0.1) is 18.6 Å². The lowest BCUT2D eigenvalue weighted by atomic mass is 9.91. The number of benzene rings is 2. The summed E-state index contributed by atoms with van der Waals surface area (Å²) in [6.45, 7) is 5.67. The number of methoxy groups -OCH3 is 1. The van der Waals surface area contributed by atoms with Crippen LogP contribution in [0.25, 0.3) is 5.76 Å². The van der Waals surface area contributed by atoms with Crippen LogP contribution < -0.4 is 9.64 Å². The molecule has 0 bridgehead atoms. The molecule has 1 unspecified atom stereocenters. The standard InChI is InChI=1S/C27H24F2N2O4/c1-14(2)18-12-19(15(3)10-22(18)35-4)25(32)23-24(16-6-5-9-30-13-16)31(27(34)26(23)33)21-8-7-17(28)11-20(21)29/h5-14,24,32H,1-4H3/b25-23+. The highest BCUT2D eigenvalue weighted by Crippen LogP contribution is 2.44. The number of aryl methyl sites for hydroxylation is 1. The van der Waals surface area contributed by atoms with Crippen molar-refractivity contribution in [1.82, 2.24) is 4.98 Å². The Morgan fingerprint density at radius 2 is 1.89 bits per heavy atom. The van der Waals surface area contributed by atoms with Crippen LogP contribution in [0.1, 0.15) is 48.1 Å². The molecule has 1 N–H and O–H groups in total. The number of halogens is 2. The summed E-state index contributed by atoms with van der Waals surface area (Å²) < 4.78 is 33.8. The molecule has 1 atom stereocenters. The van der Waals surface area contributed by atoms with E-state index in [2.05, 4.69) is 4.98 Å². The molecule has 3 aromatic rings. The second-order valence-corrected chi connectivity index (χ2v) is 8.61. The van der Waals surface area contributed by atoms with Gasteiger partial charge in [-0.1, -0.05) is 19.9 Å². The maximum absolute atomic E-state index is 14.8. The first kappa shape index (κ1) is 24.1. The minimum atomic E-state index is -1.17. The molecule has 0 aliphatic carbocycles. The number of carbonyl (C=O) groups is 2. The maximum atomic E-state index is 14.8. The lowest BCUT2D eigenvalue weighted by Crippen LogP contribution is -2.30. The van der Waals surface area contributed by atoms with Crippen molar-refractivity contribution in [1.29, 1.82) is 0 Å². The smallest absolute Gasteiger partial charge is 0.300 e. The lowest BCUT2D eigenvalue weighted by Gasteiger charge is -2.25. The molecule has 2 aromatic carbocycles. The molecule has 2 heterocycles. The van der Waals surface area contributed by atoms with Crippen LogP contribution in [-0.4, -0.2) is 28.9 Å². The molecule has 1 saturated heterocycles. The fraction of sp³-hybridized carbons (Fsp3) is 0.222. The van der Waals surface area contributed by atoms with Crippen LogP contribution in [-0.2, 0) is 9.59 Å². The van der Waals surface area contributed by atoms with Crippen LogP contribution in [0.2, 0.25) is 0 Å². The van der Waals surface area contributed by atoms with Crippen molar-refractivity contribution in [3.63, 3.8) is 0 Å². The van der Waals surface area contributed by atoms with Gasteiger partial charge in [0.05, 0.1) is 24.4 Å². The van der Waals surface area contributed by atoms with Gasteiger partial charge in [-0.25, -0.2) is 8.78 Å². The Hall–Kier alpha value is -4.07. The predicted molar refractivity (Wildman–Crippen MR) is 127 cm³/mol. The van der Waals surface area contributed by atoms with Gasteiger partial charge in [0.2, 0.25) is 0 Å². The first-order valence-electron chi connectivity index (χ1n) is 11.0. The zero-order chi connectivity index (χ0) is 25.4. The largest absolute Gasteiger partial charge is 0.507 e. The highest BCUT2D eigenvalue weighted by molar-refractivity contribution is 6.51. The molecule has 4 rings (SSSR count). The maximum Gasteiger partial charge on any atom is 0.300 e. The summed E-state index contributed by atoms with van der Waals surface area (Å²) in [7, 11) is 1.55. The third-order valence-corrected chi connectivity index (χ3v) is 6.07. The van der Waals surface area contributed by atoms with Crippen molar-refractivity contribution in [3.8, 4) is 5.75 Å². The number of Topliss-reactive ketones (excluding diaryl/α,β-unsaturated/α-hetero) is 1. The Balaban J connectivity index is 1.99. The van der Waals surface area contributed by atoms with Gasteiger partial charge in [0, 0.05) is 24.0 Å². The fourth-order valence-electron chi connectivity index (χ4n) is 4.34. The summed E-state index contributed by atoms with van der Waals surface area (Å²) in [6, 6.07) is 8.25. The number of rotatable bonds is 5. The molecule has 0 radical (unpaired) electrons. The summed E-state index contributed by atoms with van der Waals surface area (Å²) in [4.78, 5) is 31.4. The van der Waals surface area contributed by atoms with Crippen molar-refractivity contribution in [2.24, 2.45) is 0 Å². The van der Waals surface area contributed by atoms with Gasteiger partial charge in [0.1, 0.15) is 23.1 Å². The second kappa shape index (κ2) is 9.29. The second-order valence-electron chi connectivity index (χ2n) is 8.61. The molecular formula is C27H24F2N2O4. The highest BCUT2D eigenvalue weighted by atomic mass is 19.1. The number of anilines is 1. The summed E-state index contributed by atoms with van der Waals surface area (Å²) >= 11 is 0. The van der Waals surface area contributed by atoms with Crippen LogP contribution in [0.5, 0.6) is 5.75 Å². The van der Waals surface area contributed by atoms with E-state index in [0.717, 1.165) is 22.6 Å². The van der Waals surface area contributed by atoms with Gasteiger partial charge >= 0.3 is 0 Å². The molecule has 1 aliphatic heterocycles. The molecule has 8 heteroatoms. The van der Waals surface area contributed by atoms with Crippen molar-refractivity contribution in [2.75, 3.05) is 12.0 Å². The zero-order valence-corrected chi connectivity index (χ0v) is 19.7. The number of aromatic nitrogens is 1. The molecule has 1 aromatic heterocycles. The van der Waals surface area contributed by atoms with E-state index in [4.69, 9.17) is 4.74 Å². The third kappa shape index (κ3) is 4.16. The topological polar surface area (TPSA) is 79.7 Å². The average molecular weight is 478 g/mol. The predicted octanol–water partition coefficient (Wildman–Crippen LogP) is 5.43. The molecule has 0 saturated carbocycles. The molecule has 35 heavy (non-hydrogen) atoms. The van der Waals surface area contributed by atoms with Crippen molar-refractivity contribution >= 4 is 23.1 Å². The molecule has 6 nitrogen and oxygen atoms in total. The van der Waals surface area contributed by atoms with E-state index in [0.29, 0.717) is 28.5 Å². The number of aliphatic hydroxyl groups excluding tert-OH is 1. The van der Waals surface area contributed by atoms with Gasteiger partial charge in [-0.3, -0.25) is 19.5 Å². The van der Waals surface area contributed by atoms with Crippen LogP contribution >= 0.6 is 0 Å². The number of aliphatic hydroxyl groups is 1. The number of hydrogen-bond acceptors (Lipinski definition) is 5. The molecule has 1 aliphatic rings. The van der Waals surface area contributed by atoms with Gasteiger partial charge in [0.15, 0.2) is 0 Å². The van der Waals surface area contributed by atoms with E-state index in [9.17, 15) is 23.5 Å². The van der Waals surface area contributed by atoms with E-state index >= 15 is 0 Å². The normalized spacial score (nSPS) is 17.3. The van der Waals surface area contributed by atoms with Crippen LogP contribution in [0.3, 0.4) is 0 Å². The SMILES string of the molecule is COc1cc(C)c(/C(O)=C2\C(=O)C(=O)N(c3ccc(F)cc3F)C2c2cccnc2)cc1C(C)C. The van der Waals surface area contributed by atoms with E-state index in [1.807, 2.05) is 13.8 Å². The van der Waals surface area contributed by atoms with E-state index in [1.165, 1.54) is 12.4 Å². The van der Waals surface area contributed by atoms with Gasteiger partial charge in [0.25, 0.3) is 11.7 Å². The molecular weight excluding hydrogens is 454 g/mol. The number of ketones is 1. The Bertz CT molecular complexity index is 1350. The Labute approximate surface area is 201 Å². The van der Waals surface area contributed by atoms with Gasteiger partial charge in [-0.15, -0.1) is 0 Å². The molecule has 1 fully saturated rings.